The predicted octanol–water partition coefficient (Wildman–Crippen LogP) is 15.2. The van der Waals surface area contributed by atoms with Crippen molar-refractivity contribution in [2.45, 2.75) is 86.0 Å². The van der Waals surface area contributed by atoms with Crippen LogP contribution in [0.4, 0.5) is 0 Å². The Balaban J connectivity index is 1.47. The van der Waals surface area contributed by atoms with E-state index in [0.717, 1.165) is 56.6 Å². The number of hydrogen-bond acceptors (Lipinski definition) is 3. The van der Waals surface area contributed by atoms with Crippen molar-refractivity contribution in [3.63, 3.8) is 0 Å². The number of para-hydroxylation sites is 1. The highest BCUT2D eigenvalue weighted by Crippen LogP contribution is 2.44. The second-order valence-corrected chi connectivity index (χ2v) is 17.8. The van der Waals surface area contributed by atoms with Gasteiger partial charge in [-0.25, -0.2) is 4.98 Å². The molecule has 0 amide bonds. The van der Waals surface area contributed by atoms with E-state index in [1.807, 2.05) is 48.5 Å². The maximum absolute atomic E-state index is 12.3. The molecule has 2 aromatic heterocycles. The van der Waals surface area contributed by atoms with Gasteiger partial charge in [-0.05, 0) is 123 Å². The molecule has 0 saturated heterocycles. The maximum Gasteiger partial charge on any atom is 0.149 e. The molecule has 0 aliphatic heterocycles. The molecule has 60 heavy (non-hydrogen) atoms. The summed E-state index contributed by atoms with van der Waals surface area (Å²) in [5.41, 5.74) is 9.97. The van der Waals surface area contributed by atoms with Crippen molar-refractivity contribution >= 4 is 11.0 Å². The highest BCUT2D eigenvalue weighted by Gasteiger charge is 2.26. The zero-order valence-corrected chi connectivity index (χ0v) is 36.0. The normalized spacial score (nSPS) is 13.9. The number of imidazole rings is 1. The number of phenols is 1. The van der Waals surface area contributed by atoms with Crippen LogP contribution in [0.3, 0.4) is 0 Å². The first-order valence-corrected chi connectivity index (χ1v) is 20.9. The molecule has 0 saturated carbocycles. The Hall–Kier alpha value is -6.26. The van der Waals surface area contributed by atoms with Gasteiger partial charge in [0.15, 0.2) is 0 Å². The molecule has 0 aliphatic carbocycles. The molecule has 6 aromatic carbocycles. The van der Waals surface area contributed by atoms with Crippen LogP contribution in [0.1, 0.15) is 107 Å². The summed E-state index contributed by atoms with van der Waals surface area (Å²) in [7, 11) is 0. The van der Waals surface area contributed by atoms with Crippen molar-refractivity contribution in [2.24, 2.45) is 5.92 Å². The first-order valence-electron chi connectivity index (χ1n) is 24.9. The molecule has 4 heteroatoms. The lowest BCUT2D eigenvalue weighted by Crippen LogP contribution is -2.11. The van der Waals surface area contributed by atoms with Crippen LogP contribution in [0.15, 0.2) is 146 Å². The molecule has 8 aromatic rings. The van der Waals surface area contributed by atoms with Gasteiger partial charge < -0.3 is 5.11 Å². The Morgan fingerprint density at radius 2 is 1.42 bits per heavy atom. The lowest BCUT2D eigenvalue weighted by molar-refractivity contribution is 0.466. The summed E-state index contributed by atoms with van der Waals surface area (Å²) in [5.74, 6) is 1.37. The molecule has 302 valence electrons. The van der Waals surface area contributed by atoms with Crippen LogP contribution in [0.25, 0.3) is 72.7 Å². The molecule has 0 bridgehead atoms. The van der Waals surface area contributed by atoms with Gasteiger partial charge in [0.05, 0.1) is 38.9 Å². The lowest BCUT2D eigenvalue weighted by Gasteiger charge is -2.22. The molecular formula is C56H57N3O. The third-order valence-corrected chi connectivity index (χ3v) is 11.1. The first kappa shape index (κ1) is 31.6. The van der Waals surface area contributed by atoms with E-state index < -0.39 is 47.8 Å². The average Bonchev–Trinajstić information content (AvgIpc) is 3.69. The number of pyridine rings is 1. The minimum atomic E-state index is -0.597. The van der Waals surface area contributed by atoms with Crippen LogP contribution in [0.2, 0.25) is 0 Å². The smallest absolute Gasteiger partial charge is 0.149 e. The van der Waals surface area contributed by atoms with Crippen molar-refractivity contribution in [3.8, 4) is 67.5 Å². The van der Waals surface area contributed by atoms with Crippen LogP contribution < -0.4 is 0 Å². The van der Waals surface area contributed by atoms with E-state index in [1.54, 1.807) is 0 Å². The summed E-state index contributed by atoms with van der Waals surface area (Å²) in [5, 5.41) is 12.3. The van der Waals surface area contributed by atoms with Crippen molar-refractivity contribution in [1.29, 1.82) is 0 Å². The van der Waals surface area contributed by atoms with Gasteiger partial charge in [0.1, 0.15) is 11.6 Å². The molecule has 0 aliphatic rings. The summed E-state index contributed by atoms with van der Waals surface area (Å²) in [4.78, 5) is 10.0. The van der Waals surface area contributed by atoms with Crippen LogP contribution in [0.5, 0.6) is 5.75 Å². The molecule has 1 N–H and O–H groups in total. The monoisotopic (exact) mass is 796 g/mol. The van der Waals surface area contributed by atoms with E-state index in [4.69, 9.17) is 14.6 Å². The second-order valence-electron chi connectivity index (χ2n) is 17.8. The van der Waals surface area contributed by atoms with Crippen LogP contribution in [0, 0.1) is 5.92 Å². The largest absolute Gasteiger partial charge is 0.507 e. The molecule has 0 radical (unpaired) electrons. The minimum absolute atomic E-state index is 0.0273. The zero-order chi connectivity index (χ0) is 49.3. The number of phenolic OH excluding ortho intramolecular Hbond substituents is 1. The number of aromatic nitrogens is 3. The van der Waals surface area contributed by atoms with Crippen LogP contribution in [-0.2, 0) is 11.8 Å². The van der Waals surface area contributed by atoms with Crippen molar-refractivity contribution in [2.75, 3.05) is 0 Å². The SMILES string of the molecule is [2H]c1nc(-c2cc(-c3cccc4c3nc(-c3cc(C(C)C)cc(C(C)C)c3O)n4-c3ccc(CC(C)C)cc3-c3ccccc3)cc(C(C)(C)C)c2)c([2H])c(-c2c([2H])c([2H])c([2H])c([2H])c2[2H])c1[2H]. The van der Waals surface area contributed by atoms with Crippen LogP contribution >= 0.6 is 0 Å². The highest BCUT2D eigenvalue weighted by molar-refractivity contribution is 5.98. The lowest BCUT2D eigenvalue weighted by atomic mass is 9.83. The molecule has 0 fully saturated rings. The van der Waals surface area contributed by atoms with Crippen molar-refractivity contribution < 1.29 is 16.1 Å². The molecule has 8 rings (SSSR count). The number of nitrogens with zero attached hydrogens (tertiary/aromatic N) is 3. The summed E-state index contributed by atoms with van der Waals surface area (Å²) < 4.78 is 71.7. The first-order chi connectivity index (χ1) is 32.1. The van der Waals surface area contributed by atoms with E-state index in [2.05, 4.69) is 120 Å². The number of rotatable bonds is 10. The molecule has 2 heterocycles. The van der Waals surface area contributed by atoms with Crippen molar-refractivity contribution in [1.82, 2.24) is 14.5 Å². The van der Waals surface area contributed by atoms with E-state index in [0.29, 0.717) is 28.4 Å². The van der Waals surface area contributed by atoms with Gasteiger partial charge in [-0.2, -0.15) is 0 Å². The maximum atomic E-state index is 12.3. The Labute approximate surface area is 367 Å². The fraction of sp³-hybridized carbons (Fsp3) is 0.250. The third kappa shape index (κ3) is 8.04. The van der Waals surface area contributed by atoms with E-state index in [-0.39, 0.29) is 40.4 Å². The highest BCUT2D eigenvalue weighted by atomic mass is 16.3. The van der Waals surface area contributed by atoms with Gasteiger partial charge in [-0.3, -0.25) is 9.55 Å². The molecule has 0 unspecified atom stereocenters. The number of benzene rings is 6. The Morgan fingerprint density at radius 3 is 2.12 bits per heavy atom. The topological polar surface area (TPSA) is 50.9 Å². The fourth-order valence-electron chi connectivity index (χ4n) is 7.91. The van der Waals surface area contributed by atoms with E-state index >= 15 is 0 Å². The number of hydrogen-bond donors (Lipinski definition) is 1. The minimum Gasteiger partial charge on any atom is -0.507 e. The fourth-order valence-corrected chi connectivity index (χ4v) is 7.91. The quantitative estimate of drug-likeness (QED) is 0.150. The Morgan fingerprint density at radius 1 is 0.667 bits per heavy atom. The van der Waals surface area contributed by atoms with Gasteiger partial charge in [0, 0.05) is 22.9 Å². The summed E-state index contributed by atoms with van der Waals surface area (Å²) >= 11 is 0. The Bertz CT molecular complexity index is 3250. The van der Waals surface area contributed by atoms with Gasteiger partial charge in [0.2, 0.25) is 0 Å². The standard InChI is InChI=1S/C56H57N3O/c1-35(2)27-38-23-24-51(48(28-38)40-19-14-11-15-20-40)59-52-22-16-21-46(53(52)58-55(59)49-33-42(36(3)4)32-47(37(5)6)54(49)60)43-29-44(31-45(30-43)56(7,8)9)50-34-41(25-26-57-50)39-17-12-10-13-18-39/h10-26,28-37,60H,27H2,1-9H3/i10D,12D,13D,17D,18D,25D,26D,34D. The van der Waals surface area contributed by atoms with E-state index in [9.17, 15) is 6.48 Å². The van der Waals surface area contributed by atoms with Gasteiger partial charge in [0.25, 0.3) is 0 Å². The summed E-state index contributed by atoms with van der Waals surface area (Å²) in [6.45, 7) is 19.1. The average molecular weight is 796 g/mol. The van der Waals surface area contributed by atoms with Gasteiger partial charge in [-0.15, -0.1) is 0 Å². The van der Waals surface area contributed by atoms with Gasteiger partial charge in [-0.1, -0.05) is 153 Å². The molecule has 4 nitrogen and oxygen atoms in total. The molecule has 0 atom stereocenters. The predicted molar refractivity (Wildman–Crippen MR) is 253 cm³/mol. The zero-order valence-electron chi connectivity index (χ0n) is 44.0. The number of fused-ring (bicyclic) bond motifs is 1. The van der Waals surface area contributed by atoms with Crippen LogP contribution in [-0.4, -0.2) is 19.6 Å². The summed E-state index contributed by atoms with van der Waals surface area (Å²) in [6, 6.07) is 29.2. The third-order valence-electron chi connectivity index (χ3n) is 11.1. The van der Waals surface area contributed by atoms with E-state index in [1.165, 1.54) is 5.56 Å². The second kappa shape index (κ2) is 16.4. The molecular weight excluding hydrogens is 731 g/mol. The van der Waals surface area contributed by atoms with Gasteiger partial charge >= 0.3 is 0 Å². The summed E-state index contributed by atoms with van der Waals surface area (Å²) in [6.07, 6.45) is 0.401. The Kier molecular flexibility index (Phi) is 8.65. The van der Waals surface area contributed by atoms with Crippen molar-refractivity contribution in [3.05, 3.63) is 168 Å². The number of aromatic hydroxyl groups is 1. The molecule has 0 spiro atoms.